The van der Waals surface area contributed by atoms with Crippen molar-refractivity contribution in [3.63, 3.8) is 0 Å². The van der Waals surface area contributed by atoms with Gasteiger partial charge in [-0.2, -0.15) is 0 Å². The maximum Gasteiger partial charge on any atom is 0.306 e. The Kier molecular flexibility index (Phi) is 4.44. The van der Waals surface area contributed by atoms with E-state index in [9.17, 15) is 4.79 Å². The van der Waals surface area contributed by atoms with Crippen LogP contribution in [0.4, 0.5) is 0 Å². The fourth-order valence-corrected chi connectivity index (χ4v) is 3.52. The summed E-state index contributed by atoms with van der Waals surface area (Å²) < 4.78 is 5.51. The topological polar surface area (TPSA) is 58.6 Å². The van der Waals surface area contributed by atoms with Gasteiger partial charge < -0.3 is 15.2 Å². The standard InChI is InChI=1S/C17H23NO3/c19-17(20)15-3-1-2-14(15)11-18-8-6-12-4-5-16-13(10-12)7-9-21-16/h4-5,10,14-15,18H,1-3,6-9,11H2,(H,19,20). The van der Waals surface area contributed by atoms with Crippen molar-refractivity contribution in [3.05, 3.63) is 29.3 Å². The van der Waals surface area contributed by atoms with E-state index < -0.39 is 5.97 Å². The van der Waals surface area contributed by atoms with E-state index in [0.29, 0.717) is 5.92 Å². The molecule has 0 amide bonds. The van der Waals surface area contributed by atoms with Crippen molar-refractivity contribution in [1.29, 1.82) is 0 Å². The summed E-state index contributed by atoms with van der Waals surface area (Å²) in [6, 6.07) is 6.43. The second-order valence-corrected chi connectivity index (χ2v) is 6.13. The highest BCUT2D eigenvalue weighted by Gasteiger charge is 2.32. The summed E-state index contributed by atoms with van der Waals surface area (Å²) in [7, 11) is 0. The molecular weight excluding hydrogens is 266 g/mol. The highest BCUT2D eigenvalue weighted by molar-refractivity contribution is 5.70. The molecule has 114 valence electrons. The zero-order valence-electron chi connectivity index (χ0n) is 12.3. The molecule has 1 aromatic carbocycles. The van der Waals surface area contributed by atoms with Crippen molar-refractivity contribution >= 4 is 5.97 Å². The molecular formula is C17H23NO3. The van der Waals surface area contributed by atoms with Crippen molar-refractivity contribution in [2.45, 2.75) is 32.1 Å². The first-order valence-corrected chi connectivity index (χ1v) is 7.92. The van der Waals surface area contributed by atoms with Gasteiger partial charge in [0, 0.05) is 6.42 Å². The molecule has 0 saturated heterocycles. The van der Waals surface area contributed by atoms with E-state index in [2.05, 4.69) is 23.5 Å². The number of hydrogen-bond acceptors (Lipinski definition) is 3. The van der Waals surface area contributed by atoms with Gasteiger partial charge in [0.05, 0.1) is 12.5 Å². The van der Waals surface area contributed by atoms with Gasteiger partial charge in [-0.3, -0.25) is 4.79 Å². The number of ether oxygens (including phenoxy) is 1. The molecule has 21 heavy (non-hydrogen) atoms. The van der Waals surface area contributed by atoms with E-state index in [1.807, 2.05) is 0 Å². The van der Waals surface area contributed by atoms with Gasteiger partial charge in [-0.1, -0.05) is 18.6 Å². The maximum absolute atomic E-state index is 11.1. The van der Waals surface area contributed by atoms with Gasteiger partial charge in [0.15, 0.2) is 0 Å². The lowest BCUT2D eigenvalue weighted by Crippen LogP contribution is -2.30. The van der Waals surface area contributed by atoms with Crippen LogP contribution >= 0.6 is 0 Å². The average Bonchev–Trinajstić information content (AvgIpc) is 3.11. The molecule has 3 rings (SSSR count). The Labute approximate surface area is 125 Å². The number of rotatable bonds is 6. The Morgan fingerprint density at radius 3 is 3.14 bits per heavy atom. The fourth-order valence-electron chi connectivity index (χ4n) is 3.52. The first-order chi connectivity index (χ1) is 10.2. The molecule has 0 bridgehead atoms. The van der Waals surface area contributed by atoms with Gasteiger partial charge in [0.25, 0.3) is 0 Å². The van der Waals surface area contributed by atoms with E-state index in [1.54, 1.807) is 0 Å². The van der Waals surface area contributed by atoms with Gasteiger partial charge in [-0.25, -0.2) is 0 Å². The third kappa shape index (κ3) is 3.38. The van der Waals surface area contributed by atoms with E-state index >= 15 is 0 Å². The van der Waals surface area contributed by atoms with Crippen molar-refractivity contribution in [1.82, 2.24) is 5.32 Å². The zero-order chi connectivity index (χ0) is 14.7. The molecule has 4 heteroatoms. The third-order valence-corrected chi connectivity index (χ3v) is 4.73. The van der Waals surface area contributed by atoms with Crippen LogP contribution in [-0.4, -0.2) is 30.8 Å². The van der Waals surface area contributed by atoms with Crippen LogP contribution in [0, 0.1) is 11.8 Å². The lowest BCUT2D eigenvalue weighted by molar-refractivity contribution is -0.142. The lowest BCUT2D eigenvalue weighted by atomic mass is 9.96. The molecule has 1 saturated carbocycles. The first kappa shape index (κ1) is 14.4. The number of carbonyl (C=O) groups is 1. The van der Waals surface area contributed by atoms with E-state index in [0.717, 1.165) is 57.6 Å². The monoisotopic (exact) mass is 289 g/mol. The van der Waals surface area contributed by atoms with Crippen LogP contribution in [0.5, 0.6) is 5.75 Å². The number of nitrogens with one attached hydrogen (secondary N) is 1. The van der Waals surface area contributed by atoms with Crippen LogP contribution in [-0.2, 0) is 17.6 Å². The number of benzene rings is 1. The molecule has 1 heterocycles. The minimum atomic E-state index is -0.627. The van der Waals surface area contributed by atoms with Gasteiger partial charge in [0.2, 0.25) is 0 Å². The fraction of sp³-hybridized carbons (Fsp3) is 0.588. The Bertz CT molecular complexity index is 515. The van der Waals surface area contributed by atoms with Gasteiger partial charge in [0.1, 0.15) is 5.75 Å². The summed E-state index contributed by atoms with van der Waals surface area (Å²) in [6.45, 7) is 2.53. The molecule has 2 aliphatic rings. The third-order valence-electron chi connectivity index (χ3n) is 4.73. The summed E-state index contributed by atoms with van der Waals surface area (Å²) in [5, 5.41) is 12.6. The van der Waals surface area contributed by atoms with Crippen LogP contribution in [0.15, 0.2) is 18.2 Å². The molecule has 4 nitrogen and oxygen atoms in total. The first-order valence-electron chi connectivity index (χ1n) is 7.92. The number of aliphatic carboxylic acids is 1. The van der Waals surface area contributed by atoms with E-state index in [1.165, 1.54) is 11.1 Å². The van der Waals surface area contributed by atoms with Gasteiger partial charge in [-0.05, 0) is 55.5 Å². The van der Waals surface area contributed by atoms with Crippen LogP contribution in [0.3, 0.4) is 0 Å². The average molecular weight is 289 g/mol. The van der Waals surface area contributed by atoms with Crippen molar-refractivity contribution in [2.75, 3.05) is 19.7 Å². The Morgan fingerprint density at radius 1 is 1.38 bits per heavy atom. The van der Waals surface area contributed by atoms with Crippen LogP contribution in [0.2, 0.25) is 0 Å². The molecule has 0 spiro atoms. The molecule has 2 unspecified atom stereocenters. The largest absolute Gasteiger partial charge is 0.493 e. The highest BCUT2D eigenvalue weighted by Crippen LogP contribution is 2.31. The SMILES string of the molecule is O=C(O)C1CCCC1CNCCc1ccc2c(c1)CCO2. The van der Waals surface area contributed by atoms with Gasteiger partial charge in [-0.15, -0.1) is 0 Å². The maximum atomic E-state index is 11.1. The predicted molar refractivity (Wildman–Crippen MR) is 80.7 cm³/mol. The molecule has 2 atom stereocenters. The smallest absolute Gasteiger partial charge is 0.306 e. The van der Waals surface area contributed by atoms with Crippen molar-refractivity contribution in [2.24, 2.45) is 11.8 Å². The summed E-state index contributed by atoms with van der Waals surface area (Å²) in [5.41, 5.74) is 2.64. The second-order valence-electron chi connectivity index (χ2n) is 6.13. The molecule has 1 fully saturated rings. The van der Waals surface area contributed by atoms with Crippen LogP contribution in [0.25, 0.3) is 0 Å². The van der Waals surface area contributed by atoms with Gasteiger partial charge >= 0.3 is 5.97 Å². The molecule has 1 aliphatic heterocycles. The Morgan fingerprint density at radius 2 is 2.29 bits per heavy atom. The number of fused-ring (bicyclic) bond motifs is 1. The van der Waals surface area contributed by atoms with Crippen molar-refractivity contribution in [3.8, 4) is 5.75 Å². The summed E-state index contributed by atoms with van der Waals surface area (Å²) in [4.78, 5) is 11.1. The number of hydrogen-bond donors (Lipinski definition) is 2. The minimum Gasteiger partial charge on any atom is -0.493 e. The Hall–Kier alpha value is -1.55. The molecule has 0 radical (unpaired) electrons. The van der Waals surface area contributed by atoms with Crippen LogP contribution in [0.1, 0.15) is 30.4 Å². The molecule has 1 aromatic rings. The lowest BCUT2D eigenvalue weighted by Gasteiger charge is -2.16. The predicted octanol–water partition coefficient (Wildman–Crippen LogP) is 2.25. The summed E-state index contributed by atoms with van der Waals surface area (Å²) in [6.07, 6.45) is 4.93. The minimum absolute atomic E-state index is 0.144. The highest BCUT2D eigenvalue weighted by atomic mass is 16.5. The number of carboxylic acid groups (broad SMARTS) is 1. The quantitative estimate of drug-likeness (QED) is 0.789. The van der Waals surface area contributed by atoms with E-state index in [4.69, 9.17) is 9.84 Å². The van der Waals surface area contributed by atoms with Crippen molar-refractivity contribution < 1.29 is 14.6 Å². The van der Waals surface area contributed by atoms with E-state index in [-0.39, 0.29) is 5.92 Å². The summed E-state index contributed by atoms with van der Waals surface area (Å²) in [5.74, 6) is 0.561. The molecule has 1 aliphatic carbocycles. The summed E-state index contributed by atoms with van der Waals surface area (Å²) >= 11 is 0. The number of carboxylic acids is 1. The second kappa shape index (κ2) is 6.48. The zero-order valence-corrected chi connectivity index (χ0v) is 12.3. The van der Waals surface area contributed by atoms with Crippen LogP contribution < -0.4 is 10.1 Å². The Balaban J connectivity index is 1.43. The normalized spacial score (nSPS) is 23.8. The molecule has 2 N–H and O–H groups in total. The molecule has 0 aromatic heterocycles.